The Morgan fingerprint density at radius 1 is 1.21 bits per heavy atom. The van der Waals surface area contributed by atoms with Crippen LogP contribution in [0.1, 0.15) is 31.2 Å². The van der Waals surface area contributed by atoms with E-state index in [0.29, 0.717) is 12.8 Å². The van der Waals surface area contributed by atoms with Crippen molar-refractivity contribution >= 4 is 28.3 Å². The van der Waals surface area contributed by atoms with Crippen molar-refractivity contribution in [3.8, 4) is 0 Å². The van der Waals surface area contributed by atoms with Gasteiger partial charge in [0.2, 0.25) is 0 Å². The topological polar surface area (TPSA) is 12.0 Å². The molecular formula is C14H17F3IN. The minimum absolute atomic E-state index is 0.241. The Morgan fingerprint density at radius 3 is 2.53 bits per heavy atom. The predicted octanol–water partition coefficient (Wildman–Crippen LogP) is 5.13. The van der Waals surface area contributed by atoms with E-state index in [4.69, 9.17) is 0 Å². The van der Waals surface area contributed by atoms with Crippen molar-refractivity contribution in [3.63, 3.8) is 0 Å². The number of hydrogen-bond donors (Lipinski definition) is 1. The van der Waals surface area contributed by atoms with Crippen LogP contribution < -0.4 is 5.32 Å². The van der Waals surface area contributed by atoms with E-state index in [1.807, 2.05) is 25.1 Å². The molecule has 0 saturated heterocycles. The number of alkyl halides is 3. The summed E-state index contributed by atoms with van der Waals surface area (Å²) in [6.07, 6.45) is -1.73. The van der Waals surface area contributed by atoms with Gasteiger partial charge in [0, 0.05) is 15.3 Å². The van der Waals surface area contributed by atoms with E-state index in [-0.39, 0.29) is 6.42 Å². The summed E-state index contributed by atoms with van der Waals surface area (Å²) in [5.41, 5.74) is 1.82. The zero-order valence-corrected chi connectivity index (χ0v) is 12.9. The Bertz CT molecular complexity index is 445. The molecule has 1 fully saturated rings. The lowest BCUT2D eigenvalue weighted by Crippen LogP contribution is -2.41. The Labute approximate surface area is 125 Å². The highest BCUT2D eigenvalue weighted by molar-refractivity contribution is 14.1. The summed E-state index contributed by atoms with van der Waals surface area (Å²) in [5.74, 6) is -1.22. The molecule has 106 valence electrons. The molecule has 19 heavy (non-hydrogen) atoms. The molecule has 1 aromatic carbocycles. The minimum Gasteiger partial charge on any atom is -0.381 e. The lowest BCUT2D eigenvalue weighted by molar-refractivity contribution is -0.184. The number of nitrogens with one attached hydrogen (secondary N) is 1. The Morgan fingerprint density at radius 2 is 1.89 bits per heavy atom. The second-order valence-electron chi connectivity index (χ2n) is 5.14. The van der Waals surface area contributed by atoms with Gasteiger partial charge in [-0.2, -0.15) is 13.2 Å². The van der Waals surface area contributed by atoms with Gasteiger partial charge in [0.05, 0.1) is 5.92 Å². The van der Waals surface area contributed by atoms with Crippen LogP contribution in [-0.4, -0.2) is 12.2 Å². The highest BCUT2D eigenvalue weighted by atomic mass is 127. The van der Waals surface area contributed by atoms with Crippen LogP contribution in [0.15, 0.2) is 18.2 Å². The smallest absolute Gasteiger partial charge is 0.381 e. The van der Waals surface area contributed by atoms with Crippen LogP contribution in [0.5, 0.6) is 0 Å². The second kappa shape index (κ2) is 5.89. The van der Waals surface area contributed by atoms with Gasteiger partial charge in [0.25, 0.3) is 0 Å². The monoisotopic (exact) mass is 383 g/mol. The van der Waals surface area contributed by atoms with Crippen LogP contribution >= 0.6 is 22.6 Å². The molecule has 1 N–H and O–H groups in total. The number of hydrogen-bond acceptors (Lipinski definition) is 1. The number of aryl methyl sites for hydroxylation is 1. The van der Waals surface area contributed by atoms with Gasteiger partial charge in [-0.15, -0.1) is 0 Å². The summed E-state index contributed by atoms with van der Waals surface area (Å²) >= 11 is 2.20. The van der Waals surface area contributed by atoms with Gasteiger partial charge in [-0.3, -0.25) is 0 Å². The van der Waals surface area contributed by atoms with Crippen molar-refractivity contribution in [3.05, 3.63) is 27.3 Å². The molecule has 1 saturated carbocycles. The van der Waals surface area contributed by atoms with Gasteiger partial charge in [-0.25, -0.2) is 0 Å². The SMILES string of the molecule is Cc1cc(I)ccc1NC1CCCCC1C(F)(F)F. The number of benzene rings is 1. The fourth-order valence-corrected chi connectivity index (χ4v) is 3.33. The van der Waals surface area contributed by atoms with Gasteiger partial charge in [0.1, 0.15) is 0 Å². The summed E-state index contributed by atoms with van der Waals surface area (Å²) in [7, 11) is 0. The molecule has 0 radical (unpaired) electrons. The van der Waals surface area contributed by atoms with Crippen molar-refractivity contribution in [2.45, 2.75) is 44.8 Å². The van der Waals surface area contributed by atoms with E-state index in [9.17, 15) is 13.2 Å². The number of rotatable bonds is 2. The molecule has 1 aliphatic carbocycles. The van der Waals surface area contributed by atoms with Crippen LogP contribution in [0, 0.1) is 16.4 Å². The zero-order chi connectivity index (χ0) is 14.0. The van der Waals surface area contributed by atoms with E-state index in [2.05, 4.69) is 27.9 Å². The van der Waals surface area contributed by atoms with Crippen LogP contribution in [0.4, 0.5) is 18.9 Å². The van der Waals surface area contributed by atoms with Crippen molar-refractivity contribution in [1.82, 2.24) is 0 Å². The molecule has 5 heteroatoms. The average Bonchev–Trinajstić information content (AvgIpc) is 2.32. The van der Waals surface area contributed by atoms with Gasteiger partial charge in [-0.05, 0) is 66.1 Å². The zero-order valence-electron chi connectivity index (χ0n) is 10.7. The first kappa shape index (κ1) is 14.9. The normalized spacial score (nSPS) is 24.3. The van der Waals surface area contributed by atoms with E-state index in [0.717, 1.165) is 21.2 Å². The third kappa shape index (κ3) is 3.77. The molecule has 1 nitrogen and oxygen atoms in total. The molecule has 0 heterocycles. The molecule has 0 amide bonds. The molecular weight excluding hydrogens is 366 g/mol. The minimum atomic E-state index is -4.10. The Kier molecular flexibility index (Phi) is 4.63. The van der Waals surface area contributed by atoms with E-state index < -0.39 is 18.1 Å². The quantitative estimate of drug-likeness (QED) is 0.698. The number of halogens is 4. The fraction of sp³-hybridized carbons (Fsp3) is 0.571. The third-order valence-corrected chi connectivity index (χ3v) is 4.39. The lowest BCUT2D eigenvalue weighted by Gasteiger charge is -2.34. The van der Waals surface area contributed by atoms with Crippen molar-refractivity contribution in [2.75, 3.05) is 5.32 Å². The van der Waals surface area contributed by atoms with Crippen LogP contribution in [0.25, 0.3) is 0 Å². The first-order valence-corrected chi connectivity index (χ1v) is 7.55. The maximum absolute atomic E-state index is 13.0. The van der Waals surface area contributed by atoms with E-state index in [1.165, 1.54) is 0 Å². The molecule has 2 rings (SSSR count). The maximum Gasteiger partial charge on any atom is 0.393 e. The molecule has 0 aliphatic heterocycles. The van der Waals surface area contributed by atoms with Gasteiger partial charge in [0.15, 0.2) is 0 Å². The van der Waals surface area contributed by atoms with Crippen LogP contribution in [0.3, 0.4) is 0 Å². The standard InChI is InChI=1S/C14H17F3IN/c1-9-8-10(18)6-7-12(9)19-13-5-3-2-4-11(13)14(15,16)17/h6-8,11,13,19H,2-5H2,1H3. The fourth-order valence-electron chi connectivity index (χ4n) is 2.68. The third-order valence-electron chi connectivity index (χ3n) is 3.72. The lowest BCUT2D eigenvalue weighted by atomic mass is 9.83. The molecule has 2 unspecified atom stereocenters. The molecule has 0 spiro atoms. The number of anilines is 1. The largest absolute Gasteiger partial charge is 0.393 e. The second-order valence-corrected chi connectivity index (χ2v) is 6.39. The average molecular weight is 383 g/mol. The Balaban J connectivity index is 2.15. The van der Waals surface area contributed by atoms with Gasteiger partial charge < -0.3 is 5.32 Å². The van der Waals surface area contributed by atoms with Crippen molar-refractivity contribution in [2.24, 2.45) is 5.92 Å². The first-order valence-electron chi connectivity index (χ1n) is 6.47. The van der Waals surface area contributed by atoms with E-state index in [1.54, 1.807) is 0 Å². The van der Waals surface area contributed by atoms with Crippen LogP contribution in [0.2, 0.25) is 0 Å². The van der Waals surface area contributed by atoms with Crippen molar-refractivity contribution in [1.29, 1.82) is 0 Å². The summed E-state index contributed by atoms with van der Waals surface area (Å²) in [6, 6.07) is 5.28. The van der Waals surface area contributed by atoms with Crippen molar-refractivity contribution < 1.29 is 13.2 Å². The van der Waals surface area contributed by atoms with E-state index >= 15 is 0 Å². The first-order chi connectivity index (χ1) is 8.88. The predicted molar refractivity (Wildman–Crippen MR) is 79.3 cm³/mol. The summed E-state index contributed by atoms with van der Waals surface area (Å²) < 4.78 is 40.1. The molecule has 0 aromatic heterocycles. The Hall–Kier alpha value is -0.460. The molecule has 2 atom stereocenters. The summed E-state index contributed by atoms with van der Waals surface area (Å²) in [6.45, 7) is 1.93. The summed E-state index contributed by atoms with van der Waals surface area (Å²) in [4.78, 5) is 0. The molecule has 0 bridgehead atoms. The molecule has 1 aliphatic rings. The summed E-state index contributed by atoms with van der Waals surface area (Å²) in [5, 5.41) is 3.11. The highest BCUT2D eigenvalue weighted by Crippen LogP contribution is 2.39. The highest BCUT2D eigenvalue weighted by Gasteiger charge is 2.45. The van der Waals surface area contributed by atoms with Crippen LogP contribution in [-0.2, 0) is 0 Å². The van der Waals surface area contributed by atoms with Gasteiger partial charge >= 0.3 is 6.18 Å². The van der Waals surface area contributed by atoms with Gasteiger partial charge in [-0.1, -0.05) is 12.8 Å². The maximum atomic E-state index is 13.0. The molecule has 1 aromatic rings.